The normalized spacial score (nSPS) is 21.5. The van der Waals surface area contributed by atoms with Gasteiger partial charge < -0.3 is 26.0 Å². The number of fused-ring (bicyclic) bond motifs is 1. The highest BCUT2D eigenvalue weighted by atomic mass is 35.5. The highest BCUT2D eigenvalue weighted by Crippen LogP contribution is 2.41. The number of nitrogens with two attached hydrogens (primary N) is 2. The second-order valence-electron chi connectivity index (χ2n) is 8.77. The maximum atomic E-state index is 7.07. The van der Waals surface area contributed by atoms with Gasteiger partial charge in [-0.2, -0.15) is 5.10 Å². The molecule has 4 heterocycles. The van der Waals surface area contributed by atoms with Crippen LogP contribution in [-0.4, -0.2) is 69.7 Å². The van der Waals surface area contributed by atoms with Gasteiger partial charge in [-0.1, -0.05) is 17.7 Å². The van der Waals surface area contributed by atoms with Crippen LogP contribution in [0.25, 0.3) is 16.8 Å². The maximum Gasteiger partial charge on any atom is 0.155 e. The third-order valence-corrected chi connectivity index (χ3v) is 6.77. The summed E-state index contributed by atoms with van der Waals surface area (Å²) in [5.41, 5.74) is 16.1. The summed E-state index contributed by atoms with van der Waals surface area (Å²) < 4.78 is 7.30. The minimum Gasteiger partial charge on any atom is -0.495 e. The molecule has 3 aromatic rings. The van der Waals surface area contributed by atoms with Gasteiger partial charge in [-0.05, 0) is 26.2 Å². The smallest absolute Gasteiger partial charge is 0.155 e. The van der Waals surface area contributed by atoms with E-state index in [0.717, 1.165) is 29.9 Å². The lowest BCUT2D eigenvalue weighted by molar-refractivity contribution is 0.0756. The van der Waals surface area contributed by atoms with Gasteiger partial charge in [0.1, 0.15) is 11.3 Å². The maximum absolute atomic E-state index is 7.07. The van der Waals surface area contributed by atoms with E-state index in [0.29, 0.717) is 40.5 Å². The van der Waals surface area contributed by atoms with E-state index in [2.05, 4.69) is 34.0 Å². The number of likely N-dealkylation sites (tertiary alicyclic amines) is 1. The standard InChI is InChI=1S/C23H27ClN8O/c1-30(2)14-12-31(13-14)20-8-19(33-3)17(25)9-23(20,26)22-27-11-16(24)21(29-22)15-10-28-32-7-5-4-6-18(15)32/h4-8,10-11,14H,9,12-13,25-26H2,1-3H3. The molecule has 1 atom stereocenters. The molecule has 3 aromatic heterocycles. The molecule has 1 saturated heterocycles. The monoisotopic (exact) mass is 466 g/mol. The molecule has 1 fully saturated rings. The zero-order valence-electron chi connectivity index (χ0n) is 18.9. The molecular formula is C23H27ClN8O. The minimum absolute atomic E-state index is 0.334. The molecule has 0 saturated carbocycles. The van der Waals surface area contributed by atoms with Crippen LogP contribution in [0, 0.1) is 0 Å². The zero-order chi connectivity index (χ0) is 23.3. The topological polar surface area (TPSA) is 111 Å². The summed E-state index contributed by atoms with van der Waals surface area (Å²) >= 11 is 6.55. The third kappa shape index (κ3) is 3.52. The highest BCUT2D eigenvalue weighted by Gasteiger charge is 2.45. The predicted molar refractivity (Wildman–Crippen MR) is 127 cm³/mol. The summed E-state index contributed by atoms with van der Waals surface area (Å²) in [6.07, 6.45) is 7.48. The summed E-state index contributed by atoms with van der Waals surface area (Å²) in [6, 6.07) is 6.29. The molecule has 4 N–H and O–H groups in total. The van der Waals surface area contributed by atoms with Crippen molar-refractivity contribution in [2.24, 2.45) is 11.5 Å². The number of ether oxygens (including phenoxy) is 1. The van der Waals surface area contributed by atoms with Gasteiger partial charge in [0.25, 0.3) is 0 Å². The number of hydrogen-bond acceptors (Lipinski definition) is 8. The number of hydrogen-bond donors (Lipinski definition) is 2. The van der Waals surface area contributed by atoms with Crippen molar-refractivity contribution < 1.29 is 4.74 Å². The van der Waals surface area contributed by atoms with E-state index >= 15 is 0 Å². The second-order valence-corrected chi connectivity index (χ2v) is 9.18. The molecule has 1 aliphatic heterocycles. The van der Waals surface area contributed by atoms with Gasteiger partial charge in [0.15, 0.2) is 5.82 Å². The van der Waals surface area contributed by atoms with Crippen LogP contribution in [0.3, 0.4) is 0 Å². The molecule has 0 amide bonds. The lowest BCUT2D eigenvalue weighted by Gasteiger charge is -2.50. The van der Waals surface area contributed by atoms with E-state index in [1.165, 1.54) is 0 Å². The van der Waals surface area contributed by atoms with Gasteiger partial charge in [-0.15, -0.1) is 0 Å². The molecule has 1 aliphatic carbocycles. The van der Waals surface area contributed by atoms with E-state index in [1.54, 1.807) is 24.0 Å². The largest absolute Gasteiger partial charge is 0.495 e. The van der Waals surface area contributed by atoms with Crippen LogP contribution >= 0.6 is 11.6 Å². The van der Waals surface area contributed by atoms with Crippen LogP contribution < -0.4 is 11.5 Å². The van der Waals surface area contributed by atoms with Crippen LogP contribution in [0.2, 0.25) is 5.02 Å². The number of aromatic nitrogens is 4. The summed E-state index contributed by atoms with van der Waals surface area (Å²) in [4.78, 5) is 13.9. The minimum atomic E-state index is -1.02. The number of pyridine rings is 1. The fraction of sp³-hybridized carbons (Fsp3) is 0.348. The first kappa shape index (κ1) is 21.7. The molecule has 0 radical (unpaired) electrons. The zero-order valence-corrected chi connectivity index (χ0v) is 19.6. The molecule has 9 nitrogen and oxygen atoms in total. The van der Waals surface area contributed by atoms with Gasteiger partial charge in [0.2, 0.25) is 0 Å². The first-order valence-corrected chi connectivity index (χ1v) is 11.1. The Balaban J connectivity index is 1.59. The Kier molecular flexibility index (Phi) is 5.27. The number of allylic oxidation sites excluding steroid dienone is 1. The van der Waals surface area contributed by atoms with Crippen molar-refractivity contribution in [1.29, 1.82) is 0 Å². The van der Waals surface area contributed by atoms with Crippen LogP contribution in [-0.2, 0) is 10.3 Å². The number of nitrogens with zero attached hydrogens (tertiary/aromatic N) is 6. The Labute approximate surface area is 197 Å². The first-order chi connectivity index (χ1) is 15.8. The van der Waals surface area contributed by atoms with E-state index < -0.39 is 5.54 Å². The second kappa shape index (κ2) is 8.02. The molecule has 33 heavy (non-hydrogen) atoms. The molecule has 1 unspecified atom stereocenters. The Morgan fingerprint density at radius 1 is 1.24 bits per heavy atom. The molecule has 10 heteroatoms. The molecular weight excluding hydrogens is 440 g/mol. The van der Waals surface area contributed by atoms with Crippen molar-refractivity contribution in [3.63, 3.8) is 0 Å². The summed E-state index contributed by atoms with van der Waals surface area (Å²) in [6.45, 7) is 1.70. The van der Waals surface area contributed by atoms with Crippen LogP contribution in [0.1, 0.15) is 12.2 Å². The Morgan fingerprint density at radius 3 is 2.76 bits per heavy atom. The fourth-order valence-corrected chi connectivity index (χ4v) is 4.64. The van der Waals surface area contributed by atoms with Crippen molar-refractivity contribution in [2.75, 3.05) is 34.3 Å². The lowest BCUT2D eigenvalue weighted by Crippen LogP contribution is -2.61. The average Bonchev–Trinajstić information content (AvgIpc) is 3.18. The van der Waals surface area contributed by atoms with Gasteiger partial charge in [0.05, 0.1) is 35.2 Å². The van der Waals surface area contributed by atoms with Gasteiger partial charge >= 0.3 is 0 Å². The fourth-order valence-electron chi connectivity index (χ4n) is 4.45. The van der Waals surface area contributed by atoms with E-state index in [1.807, 2.05) is 30.5 Å². The van der Waals surface area contributed by atoms with Crippen molar-refractivity contribution in [3.05, 3.63) is 70.9 Å². The van der Waals surface area contributed by atoms with Crippen molar-refractivity contribution >= 4 is 17.1 Å². The highest BCUT2D eigenvalue weighted by molar-refractivity contribution is 6.33. The number of rotatable bonds is 5. The number of halogens is 1. The average molecular weight is 467 g/mol. The first-order valence-electron chi connectivity index (χ1n) is 10.7. The Hall–Kier alpha value is -3.14. The third-order valence-electron chi connectivity index (χ3n) is 6.49. The summed E-state index contributed by atoms with van der Waals surface area (Å²) in [5, 5.41) is 4.85. The predicted octanol–water partition coefficient (Wildman–Crippen LogP) is 1.95. The van der Waals surface area contributed by atoms with E-state index in [-0.39, 0.29) is 0 Å². The molecule has 172 valence electrons. The molecule has 2 aliphatic rings. The van der Waals surface area contributed by atoms with Gasteiger partial charge in [-0.25, -0.2) is 14.5 Å². The molecule has 0 spiro atoms. The molecule has 0 aromatic carbocycles. The Bertz CT molecular complexity index is 1280. The summed E-state index contributed by atoms with van der Waals surface area (Å²) in [7, 11) is 5.77. The van der Waals surface area contributed by atoms with Gasteiger partial charge in [-0.3, -0.25) is 0 Å². The number of methoxy groups -OCH3 is 1. The van der Waals surface area contributed by atoms with Crippen LogP contribution in [0.15, 0.2) is 60.0 Å². The lowest BCUT2D eigenvalue weighted by atomic mass is 9.82. The van der Waals surface area contributed by atoms with Crippen molar-refractivity contribution in [3.8, 4) is 11.3 Å². The van der Waals surface area contributed by atoms with Crippen LogP contribution in [0.4, 0.5) is 0 Å². The van der Waals surface area contributed by atoms with Crippen molar-refractivity contribution in [1.82, 2.24) is 29.4 Å². The van der Waals surface area contributed by atoms with Crippen molar-refractivity contribution in [2.45, 2.75) is 18.0 Å². The molecule has 0 bridgehead atoms. The van der Waals surface area contributed by atoms with E-state index in [9.17, 15) is 0 Å². The van der Waals surface area contributed by atoms with Crippen LogP contribution in [0.5, 0.6) is 0 Å². The number of likely N-dealkylation sites (N-methyl/N-ethyl adjacent to an activating group) is 1. The Morgan fingerprint density at radius 2 is 2.03 bits per heavy atom. The SMILES string of the molecule is COC1=C(N)CC(N)(c2ncc(Cl)c(-c3cnn4ccccc34)n2)C(N2CC(N(C)C)C2)=C1. The van der Waals surface area contributed by atoms with Gasteiger partial charge in [0, 0.05) is 55.3 Å². The summed E-state index contributed by atoms with van der Waals surface area (Å²) in [5.74, 6) is 1.08. The quantitative estimate of drug-likeness (QED) is 0.587. The molecule has 5 rings (SSSR count). The van der Waals surface area contributed by atoms with E-state index in [4.69, 9.17) is 32.8 Å².